The predicted molar refractivity (Wildman–Crippen MR) is 109 cm³/mol. The highest BCUT2D eigenvalue weighted by atomic mass is 35.5. The number of benzene rings is 1. The Bertz CT molecular complexity index is 779. The Hall–Kier alpha value is -2.07. The fourth-order valence-corrected chi connectivity index (χ4v) is 3.55. The van der Waals surface area contributed by atoms with E-state index in [1.165, 1.54) is 0 Å². The Morgan fingerprint density at radius 2 is 1.96 bits per heavy atom. The number of ether oxygens (including phenoxy) is 1. The van der Waals surface area contributed by atoms with Gasteiger partial charge in [-0.25, -0.2) is 0 Å². The van der Waals surface area contributed by atoms with Gasteiger partial charge in [-0.2, -0.15) is 0 Å². The van der Waals surface area contributed by atoms with Crippen molar-refractivity contribution in [1.82, 2.24) is 9.88 Å². The van der Waals surface area contributed by atoms with E-state index >= 15 is 0 Å². The van der Waals surface area contributed by atoms with Crippen molar-refractivity contribution in [3.05, 3.63) is 58.9 Å². The van der Waals surface area contributed by atoms with E-state index in [2.05, 4.69) is 25.8 Å². The summed E-state index contributed by atoms with van der Waals surface area (Å²) in [6.07, 6.45) is 3.54. The molecule has 27 heavy (non-hydrogen) atoms. The molecular weight excluding hydrogens is 360 g/mol. The number of likely N-dealkylation sites (tertiary alicyclic amines) is 1. The van der Waals surface area contributed by atoms with Gasteiger partial charge >= 0.3 is 0 Å². The normalized spacial score (nSPS) is 15.6. The zero-order valence-electron chi connectivity index (χ0n) is 16.2. The number of hydrogen-bond acceptors (Lipinski definition) is 3. The van der Waals surface area contributed by atoms with E-state index in [0.29, 0.717) is 18.2 Å². The zero-order valence-corrected chi connectivity index (χ0v) is 17.0. The Morgan fingerprint density at radius 3 is 2.59 bits per heavy atom. The van der Waals surface area contributed by atoms with Gasteiger partial charge in [0.1, 0.15) is 11.4 Å². The molecular formula is C22H27ClN2O2. The van der Waals surface area contributed by atoms with Crippen LogP contribution in [-0.4, -0.2) is 35.5 Å². The minimum absolute atomic E-state index is 0.0164. The smallest absolute Gasteiger partial charge is 0.272 e. The average molecular weight is 387 g/mol. The summed E-state index contributed by atoms with van der Waals surface area (Å²) in [4.78, 5) is 18.5. The highest BCUT2D eigenvalue weighted by molar-refractivity contribution is 6.30. The first-order valence-corrected chi connectivity index (χ1v) is 9.85. The number of amides is 1. The van der Waals surface area contributed by atoms with Crippen LogP contribution in [0.25, 0.3) is 0 Å². The highest BCUT2D eigenvalue weighted by Crippen LogP contribution is 2.34. The molecule has 2 heterocycles. The van der Waals surface area contributed by atoms with Crippen molar-refractivity contribution in [3.8, 4) is 5.75 Å². The van der Waals surface area contributed by atoms with Gasteiger partial charge in [-0.1, -0.05) is 38.4 Å². The molecule has 144 valence electrons. The summed E-state index contributed by atoms with van der Waals surface area (Å²) in [5.74, 6) is 1.36. The SMILES string of the molecule is CC(C)(C)c1cc(Cl)ccc1OCC1CCN(C(=O)c2ccccn2)CC1. The Morgan fingerprint density at radius 1 is 1.22 bits per heavy atom. The lowest BCUT2D eigenvalue weighted by Crippen LogP contribution is -2.40. The number of pyridine rings is 1. The van der Waals surface area contributed by atoms with Crippen molar-refractivity contribution in [2.45, 2.75) is 39.0 Å². The van der Waals surface area contributed by atoms with Gasteiger partial charge in [0.05, 0.1) is 6.61 Å². The van der Waals surface area contributed by atoms with E-state index in [9.17, 15) is 4.79 Å². The zero-order chi connectivity index (χ0) is 19.4. The van der Waals surface area contributed by atoms with E-state index in [1.807, 2.05) is 35.2 Å². The lowest BCUT2D eigenvalue weighted by molar-refractivity contribution is 0.0654. The average Bonchev–Trinajstić information content (AvgIpc) is 2.67. The van der Waals surface area contributed by atoms with Crippen molar-refractivity contribution < 1.29 is 9.53 Å². The second-order valence-electron chi connectivity index (χ2n) is 8.15. The number of carbonyl (C=O) groups is 1. The molecule has 4 nitrogen and oxygen atoms in total. The molecule has 1 amide bonds. The minimum Gasteiger partial charge on any atom is -0.493 e. The number of carbonyl (C=O) groups excluding carboxylic acids is 1. The molecule has 1 saturated heterocycles. The van der Waals surface area contributed by atoms with Crippen LogP contribution >= 0.6 is 11.6 Å². The van der Waals surface area contributed by atoms with Crippen LogP contribution < -0.4 is 4.74 Å². The Labute approximate surface area is 166 Å². The van der Waals surface area contributed by atoms with Crippen LogP contribution in [0.2, 0.25) is 5.02 Å². The van der Waals surface area contributed by atoms with Crippen LogP contribution in [0.1, 0.15) is 49.7 Å². The third kappa shape index (κ3) is 5.01. The summed E-state index contributed by atoms with van der Waals surface area (Å²) in [7, 11) is 0. The van der Waals surface area contributed by atoms with E-state index < -0.39 is 0 Å². The molecule has 5 heteroatoms. The summed E-state index contributed by atoms with van der Waals surface area (Å²) < 4.78 is 6.16. The summed E-state index contributed by atoms with van der Waals surface area (Å²) in [5, 5.41) is 0.730. The Kier molecular flexibility index (Phi) is 6.05. The molecule has 0 saturated carbocycles. The van der Waals surface area contributed by atoms with Gasteiger partial charge in [-0.3, -0.25) is 9.78 Å². The quantitative estimate of drug-likeness (QED) is 0.745. The molecule has 1 aromatic heterocycles. The second kappa shape index (κ2) is 8.30. The first-order chi connectivity index (χ1) is 12.8. The van der Waals surface area contributed by atoms with Crippen LogP contribution in [0.5, 0.6) is 5.75 Å². The summed E-state index contributed by atoms with van der Waals surface area (Å²) >= 11 is 6.17. The second-order valence-corrected chi connectivity index (χ2v) is 8.59. The van der Waals surface area contributed by atoms with E-state index in [0.717, 1.165) is 42.3 Å². The number of nitrogens with zero attached hydrogens (tertiary/aromatic N) is 2. The number of aromatic nitrogens is 1. The third-order valence-electron chi connectivity index (χ3n) is 5.01. The van der Waals surface area contributed by atoms with E-state index in [-0.39, 0.29) is 11.3 Å². The van der Waals surface area contributed by atoms with Crippen LogP contribution in [0, 0.1) is 5.92 Å². The van der Waals surface area contributed by atoms with Crippen molar-refractivity contribution in [2.24, 2.45) is 5.92 Å². The number of hydrogen-bond donors (Lipinski definition) is 0. The minimum atomic E-state index is -0.0291. The van der Waals surface area contributed by atoms with Crippen molar-refractivity contribution in [3.63, 3.8) is 0 Å². The molecule has 0 radical (unpaired) electrons. The van der Waals surface area contributed by atoms with Gasteiger partial charge in [0, 0.05) is 29.9 Å². The lowest BCUT2D eigenvalue weighted by Gasteiger charge is -2.32. The molecule has 3 rings (SSSR count). The lowest BCUT2D eigenvalue weighted by atomic mass is 9.86. The molecule has 0 spiro atoms. The number of piperidine rings is 1. The molecule has 2 aromatic rings. The molecule has 1 fully saturated rings. The van der Waals surface area contributed by atoms with Gasteiger partial charge in [0.15, 0.2) is 0 Å². The fraction of sp³-hybridized carbons (Fsp3) is 0.455. The van der Waals surface area contributed by atoms with Gasteiger partial charge in [0.2, 0.25) is 0 Å². The summed E-state index contributed by atoms with van der Waals surface area (Å²) in [5.41, 5.74) is 1.61. The Balaban J connectivity index is 1.56. The van der Waals surface area contributed by atoms with Gasteiger partial charge in [-0.15, -0.1) is 0 Å². The maximum atomic E-state index is 12.5. The molecule has 1 aliphatic heterocycles. The predicted octanol–water partition coefficient (Wildman–Crippen LogP) is 4.96. The van der Waals surface area contributed by atoms with E-state index in [4.69, 9.17) is 16.3 Å². The summed E-state index contributed by atoms with van der Waals surface area (Å²) in [6, 6.07) is 11.3. The summed E-state index contributed by atoms with van der Waals surface area (Å²) in [6.45, 7) is 8.64. The van der Waals surface area contributed by atoms with Crippen LogP contribution in [0.15, 0.2) is 42.6 Å². The molecule has 0 aliphatic carbocycles. The number of halogens is 1. The third-order valence-corrected chi connectivity index (χ3v) is 5.25. The van der Waals surface area contributed by atoms with E-state index in [1.54, 1.807) is 12.3 Å². The molecule has 0 bridgehead atoms. The molecule has 0 N–H and O–H groups in total. The maximum Gasteiger partial charge on any atom is 0.272 e. The first kappa shape index (κ1) is 19.7. The molecule has 1 aromatic carbocycles. The number of rotatable bonds is 4. The van der Waals surface area contributed by atoms with Crippen molar-refractivity contribution in [1.29, 1.82) is 0 Å². The van der Waals surface area contributed by atoms with Gasteiger partial charge in [-0.05, 0) is 54.5 Å². The largest absolute Gasteiger partial charge is 0.493 e. The van der Waals surface area contributed by atoms with Gasteiger partial charge < -0.3 is 9.64 Å². The van der Waals surface area contributed by atoms with Crippen LogP contribution in [0.3, 0.4) is 0 Å². The highest BCUT2D eigenvalue weighted by Gasteiger charge is 2.25. The van der Waals surface area contributed by atoms with Crippen molar-refractivity contribution in [2.75, 3.05) is 19.7 Å². The monoisotopic (exact) mass is 386 g/mol. The molecule has 0 unspecified atom stereocenters. The topological polar surface area (TPSA) is 42.4 Å². The first-order valence-electron chi connectivity index (χ1n) is 9.48. The van der Waals surface area contributed by atoms with Crippen LogP contribution in [-0.2, 0) is 5.41 Å². The maximum absolute atomic E-state index is 12.5. The molecule has 1 aliphatic rings. The van der Waals surface area contributed by atoms with Crippen molar-refractivity contribution >= 4 is 17.5 Å². The molecule has 0 atom stereocenters. The standard InChI is InChI=1S/C22H27ClN2O2/c1-22(2,3)18-14-17(23)7-8-20(18)27-15-16-9-12-25(13-10-16)21(26)19-6-4-5-11-24-19/h4-8,11,14,16H,9-10,12-13,15H2,1-3H3. The van der Waals surface area contributed by atoms with Crippen LogP contribution in [0.4, 0.5) is 0 Å². The fourth-order valence-electron chi connectivity index (χ4n) is 3.38. The van der Waals surface area contributed by atoms with Gasteiger partial charge in [0.25, 0.3) is 5.91 Å².